The third-order valence-electron chi connectivity index (χ3n) is 2.43. The van der Waals surface area contributed by atoms with E-state index in [4.69, 9.17) is 23.2 Å². The van der Waals surface area contributed by atoms with Crippen molar-refractivity contribution in [3.8, 4) is 0 Å². The molecular formula is C13H12Cl2N2. The van der Waals surface area contributed by atoms with Gasteiger partial charge in [-0.3, -0.25) is 4.98 Å². The molecule has 88 valence electrons. The SMILES string of the molecule is CC(Nc1cc(Cl)ccc1Cl)c1ccccn1. The molecule has 1 N–H and O–H groups in total. The van der Waals surface area contributed by atoms with Gasteiger partial charge < -0.3 is 5.32 Å². The Balaban J connectivity index is 2.18. The van der Waals surface area contributed by atoms with Crippen LogP contribution in [0.25, 0.3) is 0 Å². The first-order valence-electron chi connectivity index (χ1n) is 5.29. The fraction of sp³-hybridized carbons (Fsp3) is 0.154. The van der Waals surface area contributed by atoms with Gasteiger partial charge in [0.1, 0.15) is 0 Å². The lowest BCUT2D eigenvalue weighted by Crippen LogP contribution is -2.08. The van der Waals surface area contributed by atoms with Crippen molar-refractivity contribution >= 4 is 28.9 Å². The van der Waals surface area contributed by atoms with Gasteiger partial charge in [-0.05, 0) is 37.3 Å². The van der Waals surface area contributed by atoms with Crippen molar-refractivity contribution in [3.05, 3.63) is 58.3 Å². The summed E-state index contributed by atoms with van der Waals surface area (Å²) in [7, 11) is 0. The van der Waals surface area contributed by atoms with E-state index in [-0.39, 0.29) is 6.04 Å². The first kappa shape index (κ1) is 12.2. The second-order valence-electron chi connectivity index (χ2n) is 3.74. The van der Waals surface area contributed by atoms with E-state index in [1.165, 1.54) is 0 Å². The van der Waals surface area contributed by atoms with Gasteiger partial charge in [-0.1, -0.05) is 29.3 Å². The van der Waals surface area contributed by atoms with E-state index in [1.54, 1.807) is 18.3 Å². The zero-order valence-corrected chi connectivity index (χ0v) is 10.8. The maximum atomic E-state index is 6.09. The second kappa shape index (κ2) is 5.39. The van der Waals surface area contributed by atoms with Crippen molar-refractivity contribution in [2.45, 2.75) is 13.0 Å². The molecule has 0 bridgehead atoms. The minimum atomic E-state index is 0.0761. The molecule has 2 rings (SSSR count). The molecule has 0 spiro atoms. The van der Waals surface area contributed by atoms with Crippen LogP contribution in [0, 0.1) is 0 Å². The zero-order chi connectivity index (χ0) is 12.3. The molecule has 0 fully saturated rings. The van der Waals surface area contributed by atoms with Gasteiger partial charge in [0, 0.05) is 11.2 Å². The monoisotopic (exact) mass is 266 g/mol. The summed E-state index contributed by atoms with van der Waals surface area (Å²) in [4.78, 5) is 4.29. The van der Waals surface area contributed by atoms with Crippen molar-refractivity contribution in [1.29, 1.82) is 0 Å². The van der Waals surface area contributed by atoms with Crippen LogP contribution in [-0.2, 0) is 0 Å². The van der Waals surface area contributed by atoms with Gasteiger partial charge in [-0.2, -0.15) is 0 Å². The Morgan fingerprint density at radius 1 is 1.18 bits per heavy atom. The minimum Gasteiger partial charge on any atom is -0.376 e. The summed E-state index contributed by atoms with van der Waals surface area (Å²) < 4.78 is 0. The summed E-state index contributed by atoms with van der Waals surface area (Å²) >= 11 is 12.0. The average molecular weight is 267 g/mol. The van der Waals surface area contributed by atoms with Crippen LogP contribution in [0.4, 0.5) is 5.69 Å². The average Bonchev–Trinajstić information content (AvgIpc) is 2.35. The fourth-order valence-corrected chi connectivity index (χ4v) is 1.89. The summed E-state index contributed by atoms with van der Waals surface area (Å²) in [5.41, 5.74) is 1.78. The zero-order valence-electron chi connectivity index (χ0n) is 9.32. The summed E-state index contributed by atoms with van der Waals surface area (Å²) in [6.45, 7) is 2.03. The van der Waals surface area contributed by atoms with Crippen LogP contribution < -0.4 is 5.32 Å². The summed E-state index contributed by atoms with van der Waals surface area (Å²) in [6.07, 6.45) is 1.77. The van der Waals surface area contributed by atoms with Crippen LogP contribution >= 0.6 is 23.2 Å². The molecule has 0 saturated carbocycles. The first-order chi connectivity index (χ1) is 8.16. The summed E-state index contributed by atoms with van der Waals surface area (Å²) in [5, 5.41) is 4.60. The molecule has 1 aromatic heterocycles. The molecule has 1 atom stereocenters. The maximum absolute atomic E-state index is 6.09. The van der Waals surface area contributed by atoms with Crippen LogP contribution in [0.5, 0.6) is 0 Å². The Bertz CT molecular complexity index is 500. The lowest BCUT2D eigenvalue weighted by atomic mass is 10.2. The normalized spacial score (nSPS) is 12.2. The predicted octanol–water partition coefficient (Wildman–Crippen LogP) is 4.56. The largest absolute Gasteiger partial charge is 0.376 e. The lowest BCUT2D eigenvalue weighted by Gasteiger charge is -2.15. The molecule has 1 aromatic carbocycles. The highest BCUT2D eigenvalue weighted by atomic mass is 35.5. The van der Waals surface area contributed by atoms with Gasteiger partial charge in [-0.25, -0.2) is 0 Å². The quantitative estimate of drug-likeness (QED) is 0.881. The molecule has 0 radical (unpaired) electrons. The minimum absolute atomic E-state index is 0.0761. The highest BCUT2D eigenvalue weighted by Crippen LogP contribution is 2.28. The van der Waals surface area contributed by atoms with Gasteiger partial charge in [0.15, 0.2) is 0 Å². The van der Waals surface area contributed by atoms with Gasteiger partial charge >= 0.3 is 0 Å². The molecule has 0 aliphatic carbocycles. The van der Waals surface area contributed by atoms with E-state index in [0.717, 1.165) is 11.4 Å². The van der Waals surface area contributed by atoms with Gasteiger partial charge in [0.25, 0.3) is 0 Å². The van der Waals surface area contributed by atoms with E-state index in [0.29, 0.717) is 10.0 Å². The van der Waals surface area contributed by atoms with Crippen LogP contribution in [0.15, 0.2) is 42.6 Å². The number of rotatable bonds is 3. The van der Waals surface area contributed by atoms with E-state index < -0.39 is 0 Å². The van der Waals surface area contributed by atoms with Gasteiger partial charge in [0.05, 0.1) is 22.4 Å². The summed E-state index contributed by atoms with van der Waals surface area (Å²) in [6, 6.07) is 11.2. The lowest BCUT2D eigenvalue weighted by molar-refractivity contribution is 0.839. The number of aromatic nitrogens is 1. The van der Waals surface area contributed by atoms with Crippen LogP contribution in [-0.4, -0.2) is 4.98 Å². The Morgan fingerprint density at radius 3 is 2.71 bits per heavy atom. The Labute approximate surface area is 111 Å². The third kappa shape index (κ3) is 3.11. The number of hydrogen-bond acceptors (Lipinski definition) is 2. The number of benzene rings is 1. The number of anilines is 1. The van der Waals surface area contributed by atoms with E-state index in [9.17, 15) is 0 Å². The van der Waals surface area contributed by atoms with Crippen molar-refractivity contribution in [2.75, 3.05) is 5.32 Å². The van der Waals surface area contributed by atoms with Crippen molar-refractivity contribution in [2.24, 2.45) is 0 Å². The van der Waals surface area contributed by atoms with Crippen LogP contribution in [0.1, 0.15) is 18.7 Å². The number of halogens is 2. The summed E-state index contributed by atoms with van der Waals surface area (Å²) in [5.74, 6) is 0. The maximum Gasteiger partial charge on any atom is 0.0657 e. The topological polar surface area (TPSA) is 24.9 Å². The smallest absolute Gasteiger partial charge is 0.0657 e. The molecule has 2 aromatic rings. The number of nitrogens with one attached hydrogen (secondary N) is 1. The van der Waals surface area contributed by atoms with Crippen LogP contribution in [0.2, 0.25) is 10.0 Å². The molecule has 4 heteroatoms. The number of pyridine rings is 1. The van der Waals surface area contributed by atoms with Gasteiger partial charge in [0.2, 0.25) is 0 Å². The van der Waals surface area contributed by atoms with Crippen molar-refractivity contribution in [1.82, 2.24) is 4.98 Å². The van der Waals surface area contributed by atoms with E-state index in [1.807, 2.05) is 31.2 Å². The number of hydrogen-bond donors (Lipinski definition) is 1. The Morgan fingerprint density at radius 2 is 2.00 bits per heavy atom. The first-order valence-corrected chi connectivity index (χ1v) is 6.05. The fourth-order valence-electron chi connectivity index (χ4n) is 1.55. The van der Waals surface area contributed by atoms with E-state index >= 15 is 0 Å². The van der Waals surface area contributed by atoms with Crippen LogP contribution in [0.3, 0.4) is 0 Å². The standard InChI is InChI=1S/C13H12Cl2N2/c1-9(12-4-2-3-7-16-12)17-13-8-10(14)5-6-11(13)15/h2-9,17H,1H3. The molecule has 0 aliphatic heterocycles. The highest BCUT2D eigenvalue weighted by molar-refractivity contribution is 6.35. The van der Waals surface area contributed by atoms with Crippen molar-refractivity contribution in [3.63, 3.8) is 0 Å². The highest BCUT2D eigenvalue weighted by Gasteiger charge is 2.08. The third-order valence-corrected chi connectivity index (χ3v) is 3.00. The molecule has 0 aliphatic rings. The predicted molar refractivity (Wildman–Crippen MR) is 72.7 cm³/mol. The van der Waals surface area contributed by atoms with E-state index in [2.05, 4.69) is 10.3 Å². The molecule has 1 heterocycles. The molecule has 0 saturated heterocycles. The van der Waals surface area contributed by atoms with Gasteiger partial charge in [-0.15, -0.1) is 0 Å². The van der Waals surface area contributed by atoms with Crippen molar-refractivity contribution < 1.29 is 0 Å². The molecule has 1 unspecified atom stereocenters. The molecular weight excluding hydrogens is 255 g/mol. The molecule has 0 amide bonds. The Hall–Kier alpha value is -1.25. The Kier molecular flexibility index (Phi) is 3.87. The molecule has 2 nitrogen and oxygen atoms in total. The number of nitrogens with zero attached hydrogens (tertiary/aromatic N) is 1. The molecule has 17 heavy (non-hydrogen) atoms. The second-order valence-corrected chi connectivity index (χ2v) is 4.59.